The van der Waals surface area contributed by atoms with E-state index in [2.05, 4.69) is 0 Å². The number of nitrogens with two attached hydrogens (primary N) is 1. The van der Waals surface area contributed by atoms with E-state index in [4.69, 9.17) is 5.73 Å². The van der Waals surface area contributed by atoms with Crippen LogP contribution in [0, 0.1) is 5.41 Å². The Morgan fingerprint density at radius 3 is 2.56 bits per heavy atom. The molecule has 4 N–H and O–H groups in total. The first kappa shape index (κ1) is 15.1. The summed E-state index contributed by atoms with van der Waals surface area (Å²) in [5.41, 5.74) is 5.20. The van der Waals surface area contributed by atoms with Crippen molar-refractivity contribution in [1.29, 1.82) is 0 Å². The van der Waals surface area contributed by atoms with Gasteiger partial charge in [-0.2, -0.15) is 0 Å². The predicted molar refractivity (Wildman–Crippen MR) is 71.4 cm³/mol. The molecule has 0 spiro atoms. The van der Waals surface area contributed by atoms with Gasteiger partial charge in [0, 0.05) is 28.8 Å². The van der Waals surface area contributed by atoms with E-state index in [1.165, 1.54) is 11.3 Å². The number of thiophene rings is 1. The van der Waals surface area contributed by atoms with Crippen molar-refractivity contribution in [2.75, 3.05) is 26.8 Å². The molecular formula is C12H20N2O3S. The van der Waals surface area contributed by atoms with Crippen molar-refractivity contribution in [3.8, 4) is 0 Å². The minimum absolute atomic E-state index is 0.0647. The van der Waals surface area contributed by atoms with Gasteiger partial charge in [-0.15, -0.1) is 11.3 Å². The van der Waals surface area contributed by atoms with Crippen LogP contribution >= 0.6 is 11.3 Å². The van der Waals surface area contributed by atoms with Gasteiger partial charge in [0.2, 0.25) is 5.91 Å². The fourth-order valence-corrected chi connectivity index (χ4v) is 2.67. The van der Waals surface area contributed by atoms with Gasteiger partial charge in [0.25, 0.3) is 0 Å². The molecule has 0 aliphatic rings. The fraction of sp³-hybridized carbons (Fsp3) is 0.583. The molecule has 0 radical (unpaired) electrons. The Labute approximate surface area is 111 Å². The van der Waals surface area contributed by atoms with E-state index in [-0.39, 0.29) is 13.2 Å². The van der Waals surface area contributed by atoms with E-state index in [9.17, 15) is 15.0 Å². The summed E-state index contributed by atoms with van der Waals surface area (Å²) < 4.78 is 0. The molecule has 1 heterocycles. The SMILES string of the molecule is CN(Cc1cc(C(N)=O)cs1)CC(C)(CO)CO. The molecule has 6 heteroatoms. The Bertz CT molecular complexity index is 402. The summed E-state index contributed by atoms with van der Waals surface area (Å²) in [5.74, 6) is -0.421. The number of nitrogens with zero attached hydrogens (tertiary/aromatic N) is 1. The van der Waals surface area contributed by atoms with Gasteiger partial charge >= 0.3 is 0 Å². The molecule has 18 heavy (non-hydrogen) atoms. The lowest BCUT2D eigenvalue weighted by Crippen LogP contribution is -2.38. The molecule has 0 saturated heterocycles. The van der Waals surface area contributed by atoms with Gasteiger partial charge in [-0.25, -0.2) is 0 Å². The number of hydrogen-bond donors (Lipinski definition) is 3. The summed E-state index contributed by atoms with van der Waals surface area (Å²) in [5, 5.41) is 20.2. The molecule has 1 amide bonds. The Morgan fingerprint density at radius 2 is 2.11 bits per heavy atom. The number of amides is 1. The second-order valence-electron chi connectivity index (χ2n) is 4.97. The maximum atomic E-state index is 11.0. The second-order valence-corrected chi connectivity index (χ2v) is 5.96. The number of carbonyl (C=O) groups is 1. The maximum Gasteiger partial charge on any atom is 0.249 e. The van der Waals surface area contributed by atoms with Crippen molar-refractivity contribution in [2.45, 2.75) is 13.5 Å². The first-order valence-corrected chi connectivity index (χ1v) is 6.55. The fourth-order valence-electron chi connectivity index (χ4n) is 1.72. The molecule has 0 aromatic carbocycles. The Balaban J connectivity index is 2.58. The molecule has 0 aliphatic heterocycles. The minimum Gasteiger partial charge on any atom is -0.396 e. The number of rotatable bonds is 7. The highest BCUT2D eigenvalue weighted by Gasteiger charge is 2.24. The van der Waals surface area contributed by atoms with Crippen molar-refractivity contribution >= 4 is 17.2 Å². The molecule has 0 saturated carbocycles. The largest absolute Gasteiger partial charge is 0.396 e. The summed E-state index contributed by atoms with van der Waals surface area (Å²) in [4.78, 5) is 14.0. The molecule has 1 rings (SSSR count). The smallest absolute Gasteiger partial charge is 0.249 e. The normalized spacial score (nSPS) is 12.1. The number of aliphatic hydroxyl groups is 2. The molecule has 102 valence electrons. The van der Waals surface area contributed by atoms with E-state index in [1.807, 2.05) is 18.9 Å². The highest BCUT2D eigenvalue weighted by atomic mass is 32.1. The monoisotopic (exact) mass is 272 g/mol. The molecule has 0 atom stereocenters. The molecule has 0 unspecified atom stereocenters. The third-order valence-electron chi connectivity index (χ3n) is 2.78. The van der Waals surface area contributed by atoms with Crippen LogP contribution in [0.15, 0.2) is 11.4 Å². The Kier molecular flexibility index (Phi) is 5.28. The van der Waals surface area contributed by atoms with E-state index in [1.54, 1.807) is 11.4 Å². The van der Waals surface area contributed by atoms with Crippen molar-refractivity contribution < 1.29 is 15.0 Å². The molecule has 1 aromatic heterocycles. The number of primary amides is 1. The summed E-state index contributed by atoms with van der Waals surface area (Å²) >= 11 is 1.48. The van der Waals surface area contributed by atoms with Gasteiger partial charge < -0.3 is 20.8 Å². The summed E-state index contributed by atoms with van der Waals surface area (Å²) in [6, 6.07) is 1.78. The molecule has 1 aromatic rings. The van der Waals surface area contributed by atoms with Crippen LogP contribution in [-0.2, 0) is 6.54 Å². The van der Waals surface area contributed by atoms with Gasteiger partial charge in [0.15, 0.2) is 0 Å². The number of aliphatic hydroxyl groups excluding tert-OH is 2. The highest BCUT2D eigenvalue weighted by molar-refractivity contribution is 7.10. The lowest BCUT2D eigenvalue weighted by atomic mass is 9.92. The second kappa shape index (κ2) is 6.29. The number of hydrogen-bond acceptors (Lipinski definition) is 5. The zero-order valence-electron chi connectivity index (χ0n) is 10.7. The van der Waals surface area contributed by atoms with Crippen LogP contribution < -0.4 is 5.73 Å². The van der Waals surface area contributed by atoms with E-state index >= 15 is 0 Å². The number of carbonyl (C=O) groups excluding carboxylic acids is 1. The van der Waals surface area contributed by atoms with Gasteiger partial charge in [-0.05, 0) is 13.1 Å². The zero-order chi connectivity index (χ0) is 13.8. The van der Waals surface area contributed by atoms with Crippen LogP contribution in [0.2, 0.25) is 0 Å². The molecule has 0 bridgehead atoms. The van der Waals surface area contributed by atoms with E-state index < -0.39 is 11.3 Å². The van der Waals surface area contributed by atoms with Crippen LogP contribution in [0.5, 0.6) is 0 Å². The molecule has 0 aliphatic carbocycles. The van der Waals surface area contributed by atoms with Crippen LogP contribution in [0.4, 0.5) is 0 Å². The molecular weight excluding hydrogens is 252 g/mol. The van der Waals surface area contributed by atoms with Crippen molar-refractivity contribution in [3.05, 3.63) is 21.9 Å². The summed E-state index contributed by atoms with van der Waals surface area (Å²) in [6.45, 7) is 2.93. The van der Waals surface area contributed by atoms with Gasteiger partial charge in [0.1, 0.15) is 0 Å². The Hall–Kier alpha value is -0.950. The first-order valence-electron chi connectivity index (χ1n) is 5.67. The predicted octanol–water partition coefficient (Wildman–Crippen LogP) is 0.270. The minimum atomic E-state index is -0.515. The van der Waals surface area contributed by atoms with Crippen molar-refractivity contribution in [3.63, 3.8) is 0 Å². The third kappa shape index (κ3) is 4.06. The van der Waals surface area contributed by atoms with Crippen LogP contribution in [0.3, 0.4) is 0 Å². The van der Waals surface area contributed by atoms with Gasteiger partial charge in [-0.1, -0.05) is 6.92 Å². The van der Waals surface area contributed by atoms with Crippen molar-refractivity contribution in [2.24, 2.45) is 11.1 Å². The molecule has 0 fully saturated rings. The van der Waals surface area contributed by atoms with Gasteiger partial charge in [0.05, 0.1) is 18.8 Å². The summed E-state index contributed by atoms with van der Waals surface area (Å²) in [6.07, 6.45) is 0. The first-order chi connectivity index (χ1) is 8.40. The third-order valence-corrected chi connectivity index (χ3v) is 3.70. The zero-order valence-corrected chi connectivity index (χ0v) is 11.5. The van der Waals surface area contributed by atoms with Gasteiger partial charge in [-0.3, -0.25) is 4.79 Å². The lowest BCUT2D eigenvalue weighted by Gasteiger charge is -2.30. The standard InChI is InChI=1S/C12H20N2O3S/c1-12(7-15,8-16)6-14(2)4-10-3-9(5-18-10)11(13)17/h3,5,15-16H,4,6-8H2,1-2H3,(H2,13,17). The topological polar surface area (TPSA) is 86.8 Å². The Morgan fingerprint density at radius 1 is 1.50 bits per heavy atom. The van der Waals surface area contributed by atoms with Crippen LogP contribution in [-0.4, -0.2) is 47.8 Å². The quantitative estimate of drug-likeness (QED) is 0.665. The molecule has 5 nitrogen and oxygen atoms in total. The maximum absolute atomic E-state index is 11.0. The average molecular weight is 272 g/mol. The van der Waals surface area contributed by atoms with Crippen molar-refractivity contribution in [1.82, 2.24) is 4.90 Å². The van der Waals surface area contributed by atoms with Crippen LogP contribution in [0.1, 0.15) is 22.2 Å². The summed E-state index contributed by atoms with van der Waals surface area (Å²) in [7, 11) is 1.91. The lowest BCUT2D eigenvalue weighted by molar-refractivity contribution is 0.0404. The van der Waals surface area contributed by atoms with E-state index in [0.29, 0.717) is 18.7 Å². The van der Waals surface area contributed by atoms with Crippen LogP contribution in [0.25, 0.3) is 0 Å². The average Bonchev–Trinajstić information content (AvgIpc) is 2.77. The van der Waals surface area contributed by atoms with E-state index in [0.717, 1.165) is 4.88 Å². The highest BCUT2D eigenvalue weighted by Crippen LogP contribution is 2.20.